The lowest BCUT2D eigenvalue weighted by atomic mass is 10.3. The number of hydrogen-bond acceptors (Lipinski definition) is 5. The third-order valence-corrected chi connectivity index (χ3v) is 3.11. The number of pyridine rings is 1. The molecule has 0 radical (unpaired) electrons. The van der Waals surface area contributed by atoms with Crippen LogP contribution in [0.1, 0.15) is 16.2 Å². The molecule has 0 saturated carbocycles. The molecule has 5 nitrogen and oxygen atoms in total. The highest BCUT2D eigenvalue weighted by molar-refractivity contribution is 7.99. The van der Waals surface area contributed by atoms with Crippen LogP contribution in [-0.4, -0.2) is 26.0 Å². The second-order valence-corrected chi connectivity index (χ2v) is 4.76. The molecular weight excluding hydrogens is 274 g/mol. The SMILES string of the molecule is Cc1ccnc(Sc2ccc(Cl)c(C(=O)O)n2)n1. The zero-order chi connectivity index (χ0) is 13.1. The largest absolute Gasteiger partial charge is 0.476 e. The Hall–Kier alpha value is -1.66. The van der Waals surface area contributed by atoms with Gasteiger partial charge in [-0.05, 0) is 36.9 Å². The minimum atomic E-state index is -1.16. The van der Waals surface area contributed by atoms with E-state index < -0.39 is 5.97 Å². The van der Waals surface area contributed by atoms with E-state index in [1.54, 1.807) is 18.3 Å². The Bertz CT molecular complexity index is 607. The van der Waals surface area contributed by atoms with Crippen LogP contribution in [0.4, 0.5) is 0 Å². The lowest BCUT2D eigenvalue weighted by molar-refractivity contribution is 0.0690. The van der Waals surface area contributed by atoms with Crippen LogP contribution in [0.15, 0.2) is 34.6 Å². The average molecular weight is 282 g/mol. The number of carboxylic acids is 1. The number of aromatic carboxylic acids is 1. The summed E-state index contributed by atoms with van der Waals surface area (Å²) in [6, 6.07) is 4.91. The number of nitrogens with zero attached hydrogens (tertiary/aromatic N) is 3. The topological polar surface area (TPSA) is 76.0 Å². The van der Waals surface area contributed by atoms with Crippen molar-refractivity contribution in [3.63, 3.8) is 0 Å². The van der Waals surface area contributed by atoms with E-state index in [-0.39, 0.29) is 10.7 Å². The Balaban J connectivity index is 2.30. The van der Waals surface area contributed by atoms with Crippen LogP contribution in [0.3, 0.4) is 0 Å². The molecule has 18 heavy (non-hydrogen) atoms. The fourth-order valence-corrected chi connectivity index (χ4v) is 2.15. The lowest BCUT2D eigenvalue weighted by Crippen LogP contribution is -2.02. The van der Waals surface area contributed by atoms with Gasteiger partial charge < -0.3 is 5.11 Å². The van der Waals surface area contributed by atoms with Crippen molar-refractivity contribution in [2.75, 3.05) is 0 Å². The maximum atomic E-state index is 10.9. The summed E-state index contributed by atoms with van der Waals surface area (Å²) in [7, 11) is 0. The molecule has 7 heteroatoms. The van der Waals surface area contributed by atoms with Crippen molar-refractivity contribution in [2.45, 2.75) is 17.1 Å². The third kappa shape index (κ3) is 2.96. The van der Waals surface area contributed by atoms with E-state index in [0.29, 0.717) is 10.2 Å². The maximum absolute atomic E-state index is 10.9. The molecule has 92 valence electrons. The zero-order valence-electron chi connectivity index (χ0n) is 9.29. The van der Waals surface area contributed by atoms with Gasteiger partial charge in [0.05, 0.1) is 5.02 Å². The van der Waals surface area contributed by atoms with Crippen molar-refractivity contribution < 1.29 is 9.90 Å². The molecule has 0 bridgehead atoms. The Kier molecular flexibility index (Phi) is 3.78. The van der Waals surface area contributed by atoms with Crippen molar-refractivity contribution in [2.24, 2.45) is 0 Å². The highest BCUT2D eigenvalue weighted by atomic mass is 35.5. The van der Waals surface area contributed by atoms with E-state index in [1.807, 2.05) is 6.92 Å². The summed E-state index contributed by atoms with van der Waals surface area (Å²) in [5, 5.41) is 10.0. The number of halogens is 1. The van der Waals surface area contributed by atoms with Crippen molar-refractivity contribution in [3.8, 4) is 0 Å². The van der Waals surface area contributed by atoms with E-state index in [4.69, 9.17) is 16.7 Å². The molecule has 0 saturated heterocycles. The van der Waals surface area contributed by atoms with Gasteiger partial charge in [0.2, 0.25) is 0 Å². The molecular formula is C11H8ClN3O2S. The summed E-state index contributed by atoms with van der Waals surface area (Å²) < 4.78 is 0. The molecule has 2 rings (SSSR count). The van der Waals surface area contributed by atoms with Gasteiger partial charge in [0.1, 0.15) is 5.03 Å². The minimum absolute atomic E-state index is 0.108. The minimum Gasteiger partial charge on any atom is -0.476 e. The standard InChI is InChI=1S/C11H8ClN3O2S/c1-6-4-5-13-11(14-6)18-8-3-2-7(12)9(15-8)10(16)17/h2-5H,1H3,(H,16,17). The number of carboxylic acid groups (broad SMARTS) is 1. The molecule has 0 aliphatic rings. The Morgan fingerprint density at radius 3 is 2.78 bits per heavy atom. The van der Waals surface area contributed by atoms with Crippen molar-refractivity contribution in [1.82, 2.24) is 15.0 Å². The molecule has 0 aliphatic carbocycles. The summed E-state index contributed by atoms with van der Waals surface area (Å²) >= 11 is 6.92. The first-order valence-corrected chi connectivity index (χ1v) is 6.13. The molecule has 2 aromatic rings. The monoisotopic (exact) mass is 281 g/mol. The van der Waals surface area contributed by atoms with E-state index in [2.05, 4.69) is 15.0 Å². The van der Waals surface area contributed by atoms with Crippen molar-refractivity contribution in [3.05, 3.63) is 40.8 Å². The predicted octanol–water partition coefficient (Wildman–Crippen LogP) is 2.68. The quantitative estimate of drug-likeness (QED) is 0.872. The zero-order valence-corrected chi connectivity index (χ0v) is 10.9. The van der Waals surface area contributed by atoms with Gasteiger partial charge in [-0.25, -0.2) is 19.7 Å². The van der Waals surface area contributed by atoms with Gasteiger partial charge in [-0.15, -0.1) is 0 Å². The first-order chi connectivity index (χ1) is 8.56. The van der Waals surface area contributed by atoms with Crippen molar-refractivity contribution >= 4 is 29.3 Å². The summed E-state index contributed by atoms with van der Waals surface area (Å²) in [5.74, 6) is -1.16. The number of aromatic nitrogens is 3. The molecule has 0 unspecified atom stereocenters. The summed E-state index contributed by atoms with van der Waals surface area (Å²) in [6.07, 6.45) is 1.64. The first kappa shape index (κ1) is 12.8. The summed E-state index contributed by atoms with van der Waals surface area (Å²) in [4.78, 5) is 23.1. The normalized spacial score (nSPS) is 10.3. The third-order valence-electron chi connectivity index (χ3n) is 1.99. The van der Waals surface area contributed by atoms with Gasteiger partial charge >= 0.3 is 5.97 Å². The van der Waals surface area contributed by atoms with Gasteiger partial charge in [0.15, 0.2) is 10.9 Å². The highest BCUT2D eigenvalue weighted by Crippen LogP contribution is 2.25. The fourth-order valence-electron chi connectivity index (χ4n) is 1.20. The number of hydrogen-bond donors (Lipinski definition) is 1. The van der Waals surface area contributed by atoms with Crippen LogP contribution in [0.25, 0.3) is 0 Å². The molecule has 2 aromatic heterocycles. The van der Waals surface area contributed by atoms with Crippen LogP contribution in [0.5, 0.6) is 0 Å². The summed E-state index contributed by atoms with van der Waals surface area (Å²) in [5.41, 5.74) is 0.661. The molecule has 2 heterocycles. The van der Waals surface area contributed by atoms with E-state index in [1.165, 1.54) is 17.8 Å². The second-order valence-electron chi connectivity index (χ2n) is 3.37. The molecule has 0 atom stereocenters. The first-order valence-electron chi connectivity index (χ1n) is 4.93. The second kappa shape index (κ2) is 5.32. The van der Waals surface area contributed by atoms with Gasteiger partial charge in [0.25, 0.3) is 0 Å². The Labute approximate surface area is 112 Å². The van der Waals surface area contributed by atoms with Crippen LogP contribution in [0, 0.1) is 6.92 Å². The predicted molar refractivity (Wildman–Crippen MR) is 67.1 cm³/mol. The molecule has 0 amide bonds. The van der Waals surface area contributed by atoms with Crippen LogP contribution in [-0.2, 0) is 0 Å². The smallest absolute Gasteiger partial charge is 0.356 e. The van der Waals surface area contributed by atoms with Crippen LogP contribution < -0.4 is 0 Å². The van der Waals surface area contributed by atoms with Gasteiger partial charge in [-0.1, -0.05) is 11.6 Å². The number of carbonyl (C=O) groups is 1. The molecule has 1 N–H and O–H groups in total. The Morgan fingerprint density at radius 1 is 1.33 bits per heavy atom. The van der Waals surface area contributed by atoms with E-state index in [0.717, 1.165) is 5.69 Å². The number of aryl methyl sites for hydroxylation is 1. The maximum Gasteiger partial charge on any atom is 0.356 e. The van der Waals surface area contributed by atoms with Crippen LogP contribution in [0.2, 0.25) is 5.02 Å². The van der Waals surface area contributed by atoms with E-state index in [9.17, 15) is 4.79 Å². The Morgan fingerprint density at radius 2 is 2.11 bits per heavy atom. The van der Waals surface area contributed by atoms with Crippen molar-refractivity contribution in [1.29, 1.82) is 0 Å². The fraction of sp³-hybridized carbons (Fsp3) is 0.0909. The van der Waals surface area contributed by atoms with Gasteiger partial charge in [0, 0.05) is 11.9 Å². The molecule has 0 fully saturated rings. The average Bonchev–Trinajstić information content (AvgIpc) is 2.31. The molecule has 0 spiro atoms. The van der Waals surface area contributed by atoms with Gasteiger partial charge in [-0.2, -0.15) is 0 Å². The number of rotatable bonds is 3. The molecule has 0 aliphatic heterocycles. The lowest BCUT2D eigenvalue weighted by Gasteiger charge is -2.02. The highest BCUT2D eigenvalue weighted by Gasteiger charge is 2.12. The molecule has 0 aromatic carbocycles. The van der Waals surface area contributed by atoms with Crippen LogP contribution >= 0.6 is 23.4 Å². The van der Waals surface area contributed by atoms with E-state index >= 15 is 0 Å². The summed E-state index contributed by atoms with van der Waals surface area (Å²) in [6.45, 7) is 1.85. The van der Waals surface area contributed by atoms with Gasteiger partial charge in [-0.3, -0.25) is 0 Å².